The van der Waals surface area contributed by atoms with Crippen LogP contribution >= 0.6 is 11.6 Å². The van der Waals surface area contributed by atoms with Crippen LogP contribution in [-0.2, 0) is 14.8 Å². The summed E-state index contributed by atoms with van der Waals surface area (Å²) in [5, 5.41) is 3.45. The predicted octanol–water partition coefficient (Wildman–Crippen LogP) is 3.46. The van der Waals surface area contributed by atoms with Gasteiger partial charge in [0.05, 0.1) is 10.9 Å². The molecule has 1 N–H and O–H groups in total. The molecule has 1 amide bonds. The minimum absolute atomic E-state index is 0.180. The van der Waals surface area contributed by atoms with Crippen molar-refractivity contribution in [2.45, 2.75) is 30.7 Å². The number of rotatable bonds is 9. The minimum atomic E-state index is -3.46. The highest BCUT2D eigenvalue weighted by Gasteiger charge is 2.27. The van der Waals surface area contributed by atoms with Gasteiger partial charge >= 0.3 is 0 Å². The van der Waals surface area contributed by atoms with Crippen molar-refractivity contribution in [3.05, 3.63) is 53.6 Å². The maximum absolute atomic E-state index is 12.6. The lowest BCUT2D eigenvalue weighted by molar-refractivity contribution is -0.120. The number of likely N-dealkylation sites (N-methyl/N-ethyl adjacent to an activating group) is 1. The lowest BCUT2D eigenvalue weighted by atomic mass is 10.2. The van der Waals surface area contributed by atoms with Crippen LogP contribution in [0.5, 0.6) is 5.75 Å². The topological polar surface area (TPSA) is 79.0 Å². The Morgan fingerprint density at radius 2 is 1.87 bits per heavy atom. The monoisotopic (exact) mass is 465 g/mol. The van der Waals surface area contributed by atoms with Crippen LogP contribution in [0.25, 0.3) is 0 Å². The molecule has 3 rings (SSSR count). The van der Waals surface area contributed by atoms with E-state index in [0.29, 0.717) is 42.7 Å². The minimum Gasteiger partial charge on any atom is -0.492 e. The summed E-state index contributed by atoms with van der Waals surface area (Å²) in [6.07, 6.45) is 1.78. The fourth-order valence-electron chi connectivity index (χ4n) is 3.29. The molecule has 168 valence electrons. The van der Waals surface area contributed by atoms with E-state index in [0.717, 1.165) is 12.8 Å². The third-order valence-electron chi connectivity index (χ3n) is 5.37. The van der Waals surface area contributed by atoms with Gasteiger partial charge in [0.2, 0.25) is 15.9 Å². The Labute approximate surface area is 189 Å². The summed E-state index contributed by atoms with van der Waals surface area (Å²) in [4.78, 5) is 14.7. The van der Waals surface area contributed by atoms with E-state index in [9.17, 15) is 13.2 Å². The smallest absolute Gasteiger partial charge is 0.243 e. The molecule has 0 aliphatic carbocycles. The van der Waals surface area contributed by atoms with E-state index in [4.69, 9.17) is 16.3 Å². The third kappa shape index (κ3) is 6.20. The van der Waals surface area contributed by atoms with Gasteiger partial charge in [-0.05, 0) is 69.3 Å². The summed E-state index contributed by atoms with van der Waals surface area (Å²) in [5.41, 5.74) is 0.556. The number of hydrogen-bond acceptors (Lipinski definition) is 5. The Morgan fingerprint density at radius 3 is 2.52 bits per heavy atom. The first-order valence-electron chi connectivity index (χ1n) is 10.3. The van der Waals surface area contributed by atoms with E-state index in [1.165, 1.54) is 16.4 Å². The van der Waals surface area contributed by atoms with Gasteiger partial charge in [-0.25, -0.2) is 8.42 Å². The third-order valence-corrected chi connectivity index (χ3v) is 7.52. The average molecular weight is 466 g/mol. The Morgan fingerprint density at radius 1 is 1.19 bits per heavy atom. The molecule has 0 radical (unpaired) electrons. The molecule has 0 bridgehead atoms. The van der Waals surface area contributed by atoms with Crippen molar-refractivity contribution in [3.63, 3.8) is 0 Å². The highest BCUT2D eigenvalue weighted by molar-refractivity contribution is 7.89. The van der Waals surface area contributed by atoms with E-state index in [-0.39, 0.29) is 10.8 Å². The highest BCUT2D eigenvalue weighted by atomic mass is 35.5. The number of halogens is 1. The number of ether oxygens (including phenoxy) is 1. The molecule has 1 aliphatic rings. The number of anilines is 1. The summed E-state index contributed by atoms with van der Waals surface area (Å²) in [7, 11) is -1.61. The number of sulfonamides is 1. The maximum Gasteiger partial charge on any atom is 0.243 e. The average Bonchev–Trinajstić information content (AvgIpc) is 3.29. The largest absolute Gasteiger partial charge is 0.492 e. The van der Waals surface area contributed by atoms with E-state index in [1.807, 2.05) is 24.1 Å². The highest BCUT2D eigenvalue weighted by Crippen LogP contribution is 2.22. The number of nitrogens with one attached hydrogen (secondary N) is 1. The molecule has 2 aromatic rings. The first kappa shape index (κ1) is 23.5. The summed E-state index contributed by atoms with van der Waals surface area (Å²) in [6.45, 7) is 3.89. The van der Waals surface area contributed by atoms with Crippen LogP contribution in [0, 0.1) is 0 Å². The summed E-state index contributed by atoms with van der Waals surface area (Å²) in [5.74, 6) is 0.502. The number of hydrogen-bond donors (Lipinski definition) is 1. The zero-order chi connectivity index (χ0) is 22.4. The molecular weight excluding hydrogens is 438 g/mol. The first-order chi connectivity index (χ1) is 14.8. The molecule has 0 saturated carbocycles. The van der Waals surface area contributed by atoms with Gasteiger partial charge in [0, 0.05) is 30.3 Å². The lowest BCUT2D eigenvalue weighted by Crippen LogP contribution is -2.41. The molecule has 9 heteroatoms. The van der Waals surface area contributed by atoms with Gasteiger partial charge in [-0.2, -0.15) is 4.31 Å². The second kappa shape index (κ2) is 10.5. The van der Waals surface area contributed by atoms with Crippen LogP contribution in [0.4, 0.5) is 5.69 Å². The molecule has 31 heavy (non-hydrogen) atoms. The van der Waals surface area contributed by atoms with Crippen molar-refractivity contribution in [3.8, 4) is 5.75 Å². The molecule has 1 saturated heterocycles. The second-order valence-electron chi connectivity index (χ2n) is 7.59. The fourth-order valence-corrected chi connectivity index (χ4v) is 4.99. The molecule has 0 aromatic heterocycles. The van der Waals surface area contributed by atoms with Gasteiger partial charge in [-0.1, -0.05) is 17.7 Å². The number of benzene rings is 2. The normalized spacial score (nSPS) is 15.7. The zero-order valence-electron chi connectivity index (χ0n) is 17.8. The van der Waals surface area contributed by atoms with Crippen LogP contribution in [0.3, 0.4) is 0 Å². The Kier molecular flexibility index (Phi) is 7.94. The predicted molar refractivity (Wildman–Crippen MR) is 122 cm³/mol. The van der Waals surface area contributed by atoms with Crippen molar-refractivity contribution < 1.29 is 17.9 Å². The Hall–Kier alpha value is -2.13. The summed E-state index contributed by atoms with van der Waals surface area (Å²) >= 11 is 5.94. The van der Waals surface area contributed by atoms with E-state index < -0.39 is 16.1 Å². The molecule has 1 aliphatic heterocycles. The van der Waals surface area contributed by atoms with Gasteiger partial charge in [-0.15, -0.1) is 0 Å². The number of nitrogens with zero attached hydrogens (tertiary/aromatic N) is 2. The summed E-state index contributed by atoms with van der Waals surface area (Å²) < 4.78 is 32.4. The molecule has 7 nitrogen and oxygen atoms in total. The van der Waals surface area contributed by atoms with Gasteiger partial charge < -0.3 is 10.1 Å². The van der Waals surface area contributed by atoms with Gasteiger partial charge in [0.25, 0.3) is 0 Å². The fraction of sp³-hybridized carbons (Fsp3) is 0.409. The molecule has 2 aromatic carbocycles. The van der Waals surface area contributed by atoms with Gasteiger partial charge in [-0.3, -0.25) is 9.69 Å². The summed E-state index contributed by atoms with van der Waals surface area (Å²) in [6, 6.07) is 13.1. The van der Waals surface area contributed by atoms with E-state index in [2.05, 4.69) is 5.32 Å². The Bertz CT molecular complexity index is 992. The lowest BCUT2D eigenvalue weighted by Gasteiger charge is -2.24. The molecular formula is C22H28ClN3O4S. The van der Waals surface area contributed by atoms with Crippen molar-refractivity contribution in [1.29, 1.82) is 0 Å². The maximum atomic E-state index is 12.6. The number of amides is 1. The van der Waals surface area contributed by atoms with E-state index in [1.54, 1.807) is 31.2 Å². The van der Waals surface area contributed by atoms with E-state index >= 15 is 0 Å². The standard InChI is InChI=1S/C22H28ClN3O4S/c1-17(25(2)14-15-30-20-7-5-6-18(23)16-20)22(27)24-19-8-10-21(11-9-19)31(28,29)26-12-3-4-13-26/h5-11,16-17H,3-4,12-15H2,1-2H3,(H,24,27)/t17-/m1/s1. The molecule has 0 spiro atoms. The van der Waals surface area contributed by atoms with Gasteiger partial charge in [0.1, 0.15) is 12.4 Å². The molecule has 1 heterocycles. The molecule has 1 atom stereocenters. The molecule has 0 unspecified atom stereocenters. The van der Waals surface area contributed by atoms with Crippen molar-refractivity contribution in [2.24, 2.45) is 0 Å². The van der Waals surface area contributed by atoms with Gasteiger partial charge in [0.15, 0.2) is 0 Å². The zero-order valence-corrected chi connectivity index (χ0v) is 19.3. The Balaban J connectivity index is 1.50. The van der Waals surface area contributed by atoms with Crippen LogP contribution in [0.2, 0.25) is 5.02 Å². The van der Waals surface area contributed by atoms with Crippen molar-refractivity contribution >= 4 is 33.2 Å². The van der Waals surface area contributed by atoms with Crippen molar-refractivity contribution in [2.75, 3.05) is 38.6 Å². The van der Waals surface area contributed by atoms with Crippen molar-refractivity contribution in [1.82, 2.24) is 9.21 Å². The number of carbonyl (C=O) groups excluding carboxylic acids is 1. The van der Waals surface area contributed by atoms with Crippen LogP contribution in [0.1, 0.15) is 19.8 Å². The SMILES string of the molecule is C[C@H](C(=O)Nc1ccc(S(=O)(=O)N2CCCC2)cc1)N(C)CCOc1cccc(Cl)c1. The first-order valence-corrected chi connectivity index (χ1v) is 12.1. The van der Waals surface area contributed by atoms with Crippen LogP contribution in [0.15, 0.2) is 53.4 Å². The quantitative estimate of drug-likeness (QED) is 0.613. The van der Waals surface area contributed by atoms with Crippen LogP contribution < -0.4 is 10.1 Å². The molecule has 1 fully saturated rings. The number of carbonyl (C=O) groups is 1. The van der Waals surface area contributed by atoms with Crippen LogP contribution in [-0.4, -0.2) is 62.9 Å². The second-order valence-corrected chi connectivity index (χ2v) is 9.96.